The minimum atomic E-state index is -0.0349. The van der Waals surface area contributed by atoms with Gasteiger partial charge in [-0.2, -0.15) is 5.10 Å². The zero-order chi connectivity index (χ0) is 7.98. The number of hydrazone groups is 1. The summed E-state index contributed by atoms with van der Waals surface area (Å²) in [6.07, 6.45) is 3.74. The Morgan fingerprint density at radius 2 is 2.30 bits per heavy atom. The second-order valence-corrected chi connectivity index (χ2v) is 2.13. The molecule has 0 aromatic carbocycles. The van der Waals surface area contributed by atoms with Gasteiger partial charge < -0.3 is 0 Å². The predicted octanol–water partition coefficient (Wildman–Crippen LogP) is 1.25. The van der Waals surface area contributed by atoms with Gasteiger partial charge in [-0.05, 0) is 6.42 Å². The number of nitrogens with zero attached hydrogens (tertiary/aromatic N) is 2. The highest BCUT2D eigenvalue weighted by Gasteiger charge is 1.94. The van der Waals surface area contributed by atoms with Crippen LogP contribution < -0.4 is 0 Å². The number of carbonyl (C=O) groups is 1. The summed E-state index contributed by atoms with van der Waals surface area (Å²) in [4.78, 5) is 10.6. The van der Waals surface area contributed by atoms with Crippen LogP contribution in [0.2, 0.25) is 0 Å². The van der Waals surface area contributed by atoms with E-state index in [1.54, 1.807) is 13.3 Å². The van der Waals surface area contributed by atoms with Crippen molar-refractivity contribution in [2.75, 3.05) is 7.05 Å². The minimum absolute atomic E-state index is 0.0349. The zero-order valence-electron chi connectivity index (χ0n) is 6.79. The highest BCUT2D eigenvalue weighted by atomic mass is 16.2. The van der Waals surface area contributed by atoms with Crippen molar-refractivity contribution in [1.82, 2.24) is 5.01 Å². The first-order chi connectivity index (χ1) is 4.68. The van der Waals surface area contributed by atoms with E-state index < -0.39 is 0 Å². The lowest BCUT2D eigenvalue weighted by atomic mass is 10.4. The molecule has 0 saturated carbocycles. The molecule has 0 radical (unpaired) electrons. The molecule has 0 bridgehead atoms. The van der Waals surface area contributed by atoms with Crippen LogP contribution in [-0.4, -0.2) is 24.2 Å². The van der Waals surface area contributed by atoms with Crippen LogP contribution in [0.4, 0.5) is 0 Å². The number of unbranched alkanes of at least 4 members (excludes halogenated alkanes) is 1. The molecule has 0 saturated heterocycles. The first-order valence-corrected chi connectivity index (χ1v) is 3.45. The van der Waals surface area contributed by atoms with E-state index in [0.717, 1.165) is 12.8 Å². The third-order valence-corrected chi connectivity index (χ3v) is 1.13. The Morgan fingerprint density at radius 1 is 1.70 bits per heavy atom. The van der Waals surface area contributed by atoms with Gasteiger partial charge in [-0.1, -0.05) is 13.3 Å². The van der Waals surface area contributed by atoms with Gasteiger partial charge in [0.15, 0.2) is 0 Å². The number of hydrogen-bond donors (Lipinski definition) is 0. The van der Waals surface area contributed by atoms with E-state index in [0.29, 0.717) is 0 Å². The van der Waals surface area contributed by atoms with E-state index in [9.17, 15) is 4.79 Å². The van der Waals surface area contributed by atoms with Gasteiger partial charge in [0, 0.05) is 20.2 Å². The summed E-state index contributed by atoms with van der Waals surface area (Å²) in [7, 11) is 1.65. The first kappa shape index (κ1) is 9.14. The highest BCUT2D eigenvalue weighted by molar-refractivity contribution is 5.73. The van der Waals surface area contributed by atoms with Crippen molar-refractivity contribution in [2.45, 2.75) is 26.7 Å². The monoisotopic (exact) mass is 142 g/mol. The second-order valence-electron chi connectivity index (χ2n) is 2.13. The average Bonchev–Trinajstić information content (AvgIpc) is 1.88. The molecular formula is C7H14N2O. The molecule has 0 aromatic heterocycles. The Bertz CT molecular complexity index is 132. The lowest BCUT2D eigenvalue weighted by Gasteiger charge is -2.05. The Hall–Kier alpha value is -0.860. The largest absolute Gasteiger partial charge is 0.273 e. The maximum atomic E-state index is 10.6. The SMILES string of the molecule is CCC/C=N\N(C)C(C)=O. The molecular weight excluding hydrogens is 128 g/mol. The molecule has 1 amide bonds. The standard InChI is InChI=1S/C7H14N2O/c1-4-5-6-8-9(3)7(2)10/h6H,4-5H2,1-3H3/b8-6-. The van der Waals surface area contributed by atoms with Gasteiger partial charge in [-0.25, -0.2) is 5.01 Å². The summed E-state index contributed by atoms with van der Waals surface area (Å²) in [5, 5.41) is 5.20. The van der Waals surface area contributed by atoms with Crippen LogP contribution in [-0.2, 0) is 4.79 Å². The normalized spacial score (nSPS) is 10.3. The quantitative estimate of drug-likeness (QED) is 0.431. The fourth-order valence-corrected chi connectivity index (χ4v) is 0.391. The van der Waals surface area contributed by atoms with Crippen LogP contribution in [0.25, 0.3) is 0 Å². The average molecular weight is 142 g/mol. The van der Waals surface area contributed by atoms with Crippen molar-refractivity contribution in [1.29, 1.82) is 0 Å². The lowest BCUT2D eigenvalue weighted by molar-refractivity contribution is -0.127. The number of rotatable bonds is 3. The van der Waals surface area contributed by atoms with E-state index in [1.165, 1.54) is 11.9 Å². The van der Waals surface area contributed by atoms with E-state index in [4.69, 9.17) is 0 Å². The summed E-state index contributed by atoms with van der Waals surface area (Å²) >= 11 is 0. The molecule has 10 heavy (non-hydrogen) atoms. The molecule has 0 aliphatic rings. The molecule has 3 nitrogen and oxygen atoms in total. The van der Waals surface area contributed by atoms with E-state index in [1.807, 2.05) is 0 Å². The minimum Gasteiger partial charge on any atom is -0.273 e. The Labute approximate surface area is 61.7 Å². The molecule has 0 aromatic rings. The first-order valence-electron chi connectivity index (χ1n) is 3.45. The van der Waals surface area contributed by atoms with Crippen LogP contribution in [0.5, 0.6) is 0 Å². The lowest BCUT2D eigenvalue weighted by Crippen LogP contribution is -2.16. The van der Waals surface area contributed by atoms with Crippen molar-refractivity contribution in [3.8, 4) is 0 Å². The fourth-order valence-electron chi connectivity index (χ4n) is 0.391. The summed E-state index contributed by atoms with van der Waals surface area (Å²) in [5.74, 6) is -0.0349. The molecule has 0 spiro atoms. The molecule has 0 fully saturated rings. The maximum Gasteiger partial charge on any atom is 0.239 e. The van der Waals surface area contributed by atoms with Crippen molar-refractivity contribution in [3.05, 3.63) is 0 Å². The molecule has 58 valence electrons. The molecule has 0 N–H and O–H groups in total. The summed E-state index contributed by atoms with van der Waals surface area (Å²) < 4.78 is 0. The molecule has 0 aliphatic heterocycles. The van der Waals surface area contributed by atoms with Gasteiger partial charge in [0.05, 0.1) is 0 Å². The van der Waals surface area contributed by atoms with E-state index in [2.05, 4.69) is 12.0 Å². The topological polar surface area (TPSA) is 32.7 Å². The van der Waals surface area contributed by atoms with Crippen molar-refractivity contribution < 1.29 is 4.79 Å². The van der Waals surface area contributed by atoms with Crippen molar-refractivity contribution >= 4 is 12.1 Å². The van der Waals surface area contributed by atoms with Gasteiger partial charge in [-0.3, -0.25) is 4.79 Å². The van der Waals surface area contributed by atoms with Gasteiger partial charge in [-0.15, -0.1) is 0 Å². The second kappa shape index (κ2) is 4.97. The van der Waals surface area contributed by atoms with E-state index >= 15 is 0 Å². The molecule has 0 aliphatic carbocycles. The molecule has 3 heteroatoms. The smallest absolute Gasteiger partial charge is 0.239 e. The van der Waals surface area contributed by atoms with Crippen LogP contribution in [0.1, 0.15) is 26.7 Å². The third-order valence-electron chi connectivity index (χ3n) is 1.13. The molecule has 0 rings (SSSR count). The zero-order valence-corrected chi connectivity index (χ0v) is 6.79. The maximum absolute atomic E-state index is 10.6. The third kappa shape index (κ3) is 4.06. The summed E-state index contributed by atoms with van der Waals surface area (Å²) in [6, 6.07) is 0. The van der Waals surface area contributed by atoms with Crippen LogP contribution in [0, 0.1) is 0 Å². The fraction of sp³-hybridized carbons (Fsp3) is 0.714. The molecule has 0 unspecified atom stereocenters. The Kier molecular flexibility index (Phi) is 4.54. The molecule has 0 atom stereocenters. The summed E-state index contributed by atoms with van der Waals surface area (Å²) in [5.41, 5.74) is 0. The van der Waals surface area contributed by atoms with Crippen molar-refractivity contribution in [3.63, 3.8) is 0 Å². The predicted molar refractivity (Wildman–Crippen MR) is 41.8 cm³/mol. The van der Waals surface area contributed by atoms with E-state index in [-0.39, 0.29) is 5.91 Å². The van der Waals surface area contributed by atoms with Crippen LogP contribution >= 0.6 is 0 Å². The van der Waals surface area contributed by atoms with Gasteiger partial charge in [0.1, 0.15) is 0 Å². The van der Waals surface area contributed by atoms with Crippen LogP contribution in [0.15, 0.2) is 5.10 Å². The van der Waals surface area contributed by atoms with Gasteiger partial charge in [0.25, 0.3) is 0 Å². The Morgan fingerprint density at radius 3 is 2.70 bits per heavy atom. The highest BCUT2D eigenvalue weighted by Crippen LogP contribution is 1.85. The number of hydrogen-bond acceptors (Lipinski definition) is 2. The van der Waals surface area contributed by atoms with Gasteiger partial charge in [0.2, 0.25) is 5.91 Å². The number of carbonyl (C=O) groups excluding carboxylic acids is 1. The number of amides is 1. The molecule has 0 heterocycles. The Balaban J connectivity index is 3.55. The summed E-state index contributed by atoms with van der Waals surface area (Å²) in [6.45, 7) is 3.56. The van der Waals surface area contributed by atoms with Crippen molar-refractivity contribution in [2.24, 2.45) is 5.10 Å². The van der Waals surface area contributed by atoms with Gasteiger partial charge >= 0.3 is 0 Å². The van der Waals surface area contributed by atoms with Crippen LogP contribution in [0.3, 0.4) is 0 Å².